The predicted molar refractivity (Wildman–Crippen MR) is 156 cm³/mol. The van der Waals surface area contributed by atoms with Crippen molar-refractivity contribution in [3.8, 4) is 11.5 Å². The molecule has 7 rings (SSSR count). The number of hydrogen-bond acceptors (Lipinski definition) is 3. The van der Waals surface area contributed by atoms with Crippen molar-refractivity contribution < 1.29 is 14.3 Å². The first kappa shape index (κ1) is 25.4. The number of esters is 1. The Morgan fingerprint density at radius 1 is 0.821 bits per heavy atom. The van der Waals surface area contributed by atoms with Crippen molar-refractivity contribution in [3.63, 3.8) is 0 Å². The first-order valence-corrected chi connectivity index (χ1v) is 14.0. The summed E-state index contributed by atoms with van der Waals surface area (Å²) in [5, 5.41) is 0. The van der Waals surface area contributed by atoms with Crippen LogP contribution in [0.4, 0.5) is 0 Å². The number of benzene rings is 4. The third-order valence-electron chi connectivity index (χ3n) is 8.21. The molecule has 2 bridgehead atoms. The maximum Gasteiger partial charge on any atom is 0.316 e. The molecular formula is C36H36O3. The van der Waals surface area contributed by atoms with Crippen molar-refractivity contribution in [1.82, 2.24) is 0 Å². The van der Waals surface area contributed by atoms with Crippen LogP contribution < -0.4 is 9.47 Å². The van der Waals surface area contributed by atoms with E-state index in [9.17, 15) is 4.79 Å². The zero-order chi connectivity index (χ0) is 27.4. The van der Waals surface area contributed by atoms with E-state index in [1.165, 1.54) is 33.4 Å². The van der Waals surface area contributed by atoms with Gasteiger partial charge in [0.1, 0.15) is 11.5 Å². The SMILES string of the molecule is CCCOc1ccc(OC(=O)C(C)(C)C)c2c1C1(Cc3ccc(C)cc3)c3ccccc3C2c2ccccc21. The second kappa shape index (κ2) is 9.41. The largest absolute Gasteiger partial charge is 0.493 e. The summed E-state index contributed by atoms with van der Waals surface area (Å²) in [4.78, 5) is 13.2. The lowest BCUT2D eigenvalue weighted by molar-refractivity contribution is -0.143. The van der Waals surface area contributed by atoms with Crippen LogP contribution in [0.15, 0.2) is 84.9 Å². The van der Waals surface area contributed by atoms with E-state index in [0.717, 1.165) is 29.7 Å². The van der Waals surface area contributed by atoms with Gasteiger partial charge in [0, 0.05) is 17.0 Å². The van der Waals surface area contributed by atoms with E-state index in [1.54, 1.807) is 0 Å². The maximum absolute atomic E-state index is 13.2. The summed E-state index contributed by atoms with van der Waals surface area (Å²) in [6, 6.07) is 30.4. The van der Waals surface area contributed by atoms with Crippen LogP contribution >= 0.6 is 0 Å². The van der Waals surface area contributed by atoms with Gasteiger partial charge >= 0.3 is 5.97 Å². The predicted octanol–water partition coefficient (Wildman–Crippen LogP) is 8.12. The zero-order valence-corrected chi connectivity index (χ0v) is 23.5. The highest BCUT2D eigenvalue weighted by Crippen LogP contribution is 2.64. The minimum atomic E-state index is -0.618. The molecule has 4 aromatic carbocycles. The minimum absolute atomic E-state index is 0.0414. The Morgan fingerprint density at radius 3 is 2.00 bits per heavy atom. The number of hydrogen-bond donors (Lipinski definition) is 0. The van der Waals surface area contributed by atoms with Gasteiger partial charge in [-0.25, -0.2) is 0 Å². The molecule has 3 aliphatic carbocycles. The fourth-order valence-electron chi connectivity index (χ4n) is 6.44. The summed E-state index contributed by atoms with van der Waals surface area (Å²) in [5.41, 5.74) is 8.76. The minimum Gasteiger partial charge on any atom is -0.493 e. The quantitative estimate of drug-likeness (QED) is 0.192. The van der Waals surface area contributed by atoms with Gasteiger partial charge in [0.05, 0.1) is 17.4 Å². The second-order valence-corrected chi connectivity index (χ2v) is 12.0. The topological polar surface area (TPSA) is 35.5 Å². The van der Waals surface area contributed by atoms with Gasteiger partial charge in [-0.05, 0) is 80.5 Å². The smallest absolute Gasteiger partial charge is 0.316 e. The van der Waals surface area contributed by atoms with Crippen LogP contribution in [0.3, 0.4) is 0 Å². The highest BCUT2D eigenvalue weighted by atomic mass is 16.5. The molecular weight excluding hydrogens is 480 g/mol. The molecule has 0 unspecified atom stereocenters. The molecule has 3 nitrogen and oxygen atoms in total. The maximum atomic E-state index is 13.2. The first-order valence-electron chi connectivity index (χ1n) is 14.0. The molecule has 0 N–H and O–H groups in total. The fourth-order valence-corrected chi connectivity index (χ4v) is 6.44. The van der Waals surface area contributed by atoms with Crippen LogP contribution in [0.5, 0.6) is 11.5 Å². The van der Waals surface area contributed by atoms with Gasteiger partial charge in [-0.15, -0.1) is 0 Å². The monoisotopic (exact) mass is 516 g/mol. The Bertz CT molecular complexity index is 1510. The van der Waals surface area contributed by atoms with Gasteiger partial charge in [-0.1, -0.05) is 85.3 Å². The third-order valence-corrected chi connectivity index (χ3v) is 8.21. The van der Waals surface area contributed by atoms with Crippen molar-refractivity contribution in [3.05, 3.63) is 129 Å². The molecule has 3 heteroatoms. The Kier molecular flexibility index (Phi) is 6.14. The van der Waals surface area contributed by atoms with E-state index in [1.807, 2.05) is 32.9 Å². The molecule has 0 aliphatic heterocycles. The summed E-state index contributed by atoms with van der Waals surface area (Å²) < 4.78 is 12.7. The van der Waals surface area contributed by atoms with Gasteiger partial charge in [0.15, 0.2) is 0 Å². The van der Waals surface area contributed by atoms with Crippen LogP contribution in [-0.4, -0.2) is 12.6 Å². The lowest BCUT2D eigenvalue weighted by Gasteiger charge is -2.51. The van der Waals surface area contributed by atoms with Crippen molar-refractivity contribution >= 4 is 5.97 Å². The third kappa shape index (κ3) is 3.98. The molecule has 4 aromatic rings. The molecule has 0 aromatic heterocycles. The van der Waals surface area contributed by atoms with E-state index >= 15 is 0 Å². The molecule has 198 valence electrons. The van der Waals surface area contributed by atoms with E-state index in [0.29, 0.717) is 12.4 Å². The molecule has 0 spiro atoms. The van der Waals surface area contributed by atoms with Gasteiger partial charge in [-0.2, -0.15) is 0 Å². The highest BCUT2D eigenvalue weighted by molar-refractivity contribution is 5.81. The summed E-state index contributed by atoms with van der Waals surface area (Å²) >= 11 is 0. The molecule has 0 fully saturated rings. The molecule has 0 saturated heterocycles. The summed E-state index contributed by atoms with van der Waals surface area (Å²) in [5.74, 6) is 1.24. The average Bonchev–Trinajstić information content (AvgIpc) is 2.93. The Hall–Kier alpha value is -3.85. The molecule has 0 amide bonds. The van der Waals surface area contributed by atoms with Crippen LogP contribution in [-0.2, 0) is 16.6 Å². The fraction of sp³-hybridized carbons (Fsp3) is 0.306. The molecule has 0 saturated carbocycles. The highest BCUT2D eigenvalue weighted by Gasteiger charge is 2.54. The molecule has 0 heterocycles. The van der Waals surface area contributed by atoms with Crippen molar-refractivity contribution in [2.75, 3.05) is 6.61 Å². The van der Waals surface area contributed by atoms with Crippen LogP contribution in [0.1, 0.15) is 84.5 Å². The van der Waals surface area contributed by atoms with Crippen molar-refractivity contribution in [2.24, 2.45) is 5.41 Å². The lowest BCUT2D eigenvalue weighted by Crippen LogP contribution is -2.44. The normalized spacial score (nSPS) is 18.6. The lowest BCUT2D eigenvalue weighted by atomic mass is 9.51. The number of rotatable bonds is 6. The Labute approximate surface area is 231 Å². The molecule has 39 heavy (non-hydrogen) atoms. The molecule has 0 radical (unpaired) electrons. The average molecular weight is 517 g/mol. The summed E-state index contributed by atoms with van der Waals surface area (Å²) in [7, 11) is 0. The zero-order valence-electron chi connectivity index (χ0n) is 23.5. The Balaban J connectivity index is 1.70. The van der Waals surface area contributed by atoms with Crippen LogP contribution in [0, 0.1) is 12.3 Å². The van der Waals surface area contributed by atoms with Gasteiger partial charge in [-0.3, -0.25) is 4.79 Å². The molecule has 3 aliphatic rings. The number of ether oxygens (including phenoxy) is 2. The van der Waals surface area contributed by atoms with E-state index in [-0.39, 0.29) is 11.9 Å². The van der Waals surface area contributed by atoms with E-state index in [2.05, 4.69) is 86.6 Å². The number of carbonyl (C=O) groups excluding carboxylic acids is 1. The van der Waals surface area contributed by atoms with E-state index in [4.69, 9.17) is 9.47 Å². The molecule has 0 atom stereocenters. The number of carbonyl (C=O) groups is 1. The Morgan fingerprint density at radius 2 is 1.41 bits per heavy atom. The second-order valence-electron chi connectivity index (χ2n) is 12.0. The summed E-state index contributed by atoms with van der Waals surface area (Å²) in [6.45, 7) is 10.6. The number of aryl methyl sites for hydroxylation is 1. The van der Waals surface area contributed by atoms with Gasteiger partial charge < -0.3 is 9.47 Å². The van der Waals surface area contributed by atoms with Crippen LogP contribution in [0.25, 0.3) is 0 Å². The van der Waals surface area contributed by atoms with Crippen LogP contribution in [0.2, 0.25) is 0 Å². The summed E-state index contributed by atoms with van der Waals surface area (Å²) in [6.07, 6.45) is 1.69. The van der Waals surface area contributed by atoms with Crippen molar-refractivity contribution in [2.45, 2.75) is 58.8 Å². The van der Waals surface area contributed by atoms with Crippen molar-refractivity contribution in [1.29, 1.82) is 0 Å². The van der Waals surface area contributed by atoms with Gasteiger partial charge in [0.25, 0.3) is 0 Å². The van der Waals surface area contributed by atoms with Gasteiger partial charge in [0.2, 0.25) is 0 Å². The first-order chi connectivity index (χ1) is 18.8. The standard InChI is InChI=1S/C36H36O3/c1-6-21-38-30-20-19-29(39-34(37)35(3,4)5)32-31-25-11-7-9-13-27(25)36(33(30)32,28-14-10-8-12-26(28)31)22-24-17-15-23(2)16-18-24/h7-20,31H,6,21-22H2,1-5H3. The van der Waals surface area contributed by atoms with E-state index < -0.39 is 10.8 Å².